The van der Waals surface area contributed by atoms with Gasteiger partial charge in [0.05, 0.1) is 4.88 Å². The number of thiophene rings is 1. The number of hydrogen-bond donors (Lipinski definition) is 2. The smallest absolute Gasteiger partial charge is 0.422 e. The SMILES string of the molecule is CC(C)C(NC(=O)c1cccs1)C(=O)NCc1cccc(OCC(F)(F)F)c1. The zero-order valence-corrected chi connectivity index (χ0v) is 16.2. The number of carbonyl (C=O) groups excluding carboxylic acids is 2. The van der Waals surface area contributed by atoms with Crippen LogP contribution in [-0.4, -0.2) is 30.6 Å². The molecule has 0 radical (unpaired) electrons. The van der Waals surface area contributed by atoms with Crippen molar-refractivity contribution in [2.75, 3.05) is 6.61 Å². The van der Waals surface area contributed by atoms with Gasteiger partial charge in [0.2, 0.25) is 5.91 Å². The molecule has 0 fully saturated rings. The third-order valence-corrected chi connectivity index (χ3v) is 4.62. The lowest BCUT2D eigenvalue weighted by Gasteiger charge is -2.21. The Morgan fingerprint density at radius 3 is 2.54 bits per heavy atom. The van der Waals surface area contributed by atoms with Crippen LogP contribution in [0, 0.1) is 5.92 Å². The van der Waals surface area contributed by atoms with E-state index in [0.717, 1.165) is 0 Å². The summed E-state index contributed by atoms with van der Waals surface area (Å²) in [6.45, 7) is 2.34. The quantitative estimate of drug-likeness (QED) is 0.691. The molecular formula is C19H21F3N2O3S. The number of alkyl halides is 3. The summed E-state index contributed by atoms with van der Waals surface area (Å²) < 4.78 is 41.5. The molecule has 1 unspecified atom stereocenters. The van der Waals surface area contributed by atoms with E-state index < -0.39 is 18.8 Å². The van der Waals surface area contributed by atoms with Crippen molar-refractivity contribution in [3.8, 4) is 5.75 Å². The van der Waals surface area contributed by atoms with Gasteiger partial charge in [-0.05, 0) is 35.1 Å². The highest BCUT2D eigenvalue weighted by Crippen LogP contribution is 2.19. The Labute approximate surface area is 164 Å². The van der Waals surface area contributed by atoms with Crippen LogP contribution in [0.1, 0.15) is 29.1 Å². The number of nitrogens with one attached hydrogen (secondary N) is 2. The van der Waals surface area contributed by atoms with E-state index in [1.165, 1.54) is 23.5 Å². The second kappa shape index (κ2) is 9.59. The monoisotopic (exact) mass is 414 g/mol. The van der Waals surface area contributed by atoms with Crippen LogP contribution in [0.5, 0.6) is 5.75 Å². The molecule has 0 bridgehead atoms. The van der Waals surface area contributed by atoms with Crippen molar-refractivity contribution >= 4 is 23.2 Å². The van der Waals surface area contributed by atoms with Gasteiger partial charge < -0.3 is 15.4 Å². The summed E-state index contributed by atoms with van der Waals surface area (Å²) in [7, 11) is 0. The van der Waals surface area contributed by atoms with E-state index in [0.29, 0.717) is 10.4 Å². The fourth-order valence-electron chi connectivity index (χ4n) is 2.36. The van der Waals surface area contributed by atoms with E-state index in [9.17, 15) is 22.8 Å². The molecule has 152 valence electrons. The number of benzene rings is 1. The fourth-order valence-corrected chi connectivity index (χ4v) is 2.99. The molecule has 2 aromatic rings. The minimum atomic E-state index is -4.42. The van der Waals surface area contributed by atoms with E-state index in [1.54, 1.807) is 29.6 Å². The molecule has 28 heavy (non-hydrogen) atoms. The van der Waals surface area contributed by atoms with Gasteiger partial charge in [-0.2, -0.15) is 13.2 Å². The van der Waals surface area contributed by atoms with Crippen LogP contribution in [-0.2, 0) is 11.3 Å². The summed E-state index contributed by atoms with van der Waals surface area (Å²) in [4.78, 5) is 25.2. The average molecular weight is 414 g/mol. The lowest BCUT2D eigenvalue weighted by molar-refractivity contribution is -0.153. The Hall–Kier alpha value is -2.55. The van der Waals surface area contributed by atoms with Gasteiger partial charge in [-0.25, -0.2) is 0 Å². The third kappa shape index (κ3) is 6.88. The number of rotatable bonds is 8. The molecule has 0 aliphatic rings. The topological polar surface area (TPSA) is 67.4 Å². The van der Waals surface area contributed by atoms with Crippen molar-refractivity contribution in [3.05, 3.63) is 52.2 Å². The van der Waals surface area contributed by atoms with Gasteiger partial charge in [0.25, 0.3) is 5.91 Å². The Kier molecular flexibility index (Phi) is 7.45. The Bertz CT molecular complexity index is 792. The summed E-state index contributed by atoms with van der Waals surface area (Å²) in [5.41, 5.74) is 0.583. The Balaban J connectivity index is 1.94. The molecule has 5 nitrogen and oxygen atoms in total. The van der Waals surface area contributed by atoms with Gasteiger partial charge in [0.15, 0.2) is 6.61 Å². The highest BCUT2D eigenvalue weighted by Gasteiger charge is 2.28. The van der Waals surface area contributed by atoms with Gasteiger partial charge in [0.1, 0.15) is 11.8 Å². The lowest BCUT2D eigenvalue weighted by atomic mass is 10.0. The first-order chi connectivity index (χ1) is 13.2. The second-order valence-corrected chi connectivity index (χ2v) is 7.39. The fraction of sp³-hybridized carbons (Fsp3) is 0.368. The molecule has 1 aromatic heterocycles. The summed E-state index contributed by atoms with van der Waals surface area (Å²) >= 11 is 1.28. The van der Waals surface area contributed by atoms with Crippen LogP contribution >= 0.6 is 11.3 Å². The predicted molar refractivity (Wildman–Crippen MR) is 100 cm³/mol. The molecular weight excluding hydrogens is 393 g/mol. The normalized spacial score (nSPS) is 12.5. The van der Waals surface area contributed by atoms with Crippen molar-refractivity contribution in [2.45, 2.75) is 32.6 Å². The minimum absolute atomic E-state index is 0.0653. The largest absolute Gasteiger partial charge is 0.484 e. The molecule has 2 N–H and O–H groups in total. The maximum atomic E-state index is 12.5. The number of ether oxygens (including phenoxy) is 1. The zero-order valence-electron chi connectivity index (χ0n) is 15.4. The Morgan fingerprint density at radius 2 is 1.93 bits per heavy atom. The van der Waals surface area contributed by atoms with Gasteiger partial charge in [-0.15, -0.1) is 11.3 Å². The highest BCUT2D eigenvalue weighted by molar-refractivity contribution is 7.12. The van der Waals surface area contributed by atoms with Crippen LogP contribution in [0.3, 0.4) is 0 Å². The van der Waals surface area contributed by atoms with Crippen LogP contribution in [0.4, 0.5) is 13.2 Å². The number of carbonyl (C=O) groups is 2. The first-order valence-electron chi connectivity index (χ1n) is 8.56. The van der Waals surface area contributed by atoms with Crippen molar-refractivity contribution < 1.29 is 27.5 Å². The predicted octanol–water partition coefficient (Wildman–Crippen LogP) is 3.76. The molecule has 0 aliphatic heterocycles. The summed E-state index contributed by atoms with van der Waals surface area (Å²) in [5.74, 6) is -0.784. The van der Waals surface area contributed by atoms with Crippen molar-refractivity contribution in [3.63, 3.8) is 0 Å². The summed E-state index contributed by atoms with van der Waals surface area (Å²) in [6.07, 6.45) is -4.42. The summed E-state index contributed by atoms with van der Waals surface area (Å²) in [6, 6.07) is 8.73. The van der Waals surface area contributed by atoms with Gasteiger partial charge in [-0.3, -0.25) is 9.59 Å². The van der Waals surface area contributed by atoms with E-state index >= 15 is 0 Å². The third-order valence-electron chi connectivity index (χ3n) is 3.75. The molecule has 1 aromatic carbocycles. The number of hydrogen-bond acceptors (Lipinski definition) is 4. The van der Waals surface area contributed by atoms with Gasteiger partial charge in [0, 0.05) is 6.54 Å². The summed E-state index contributed by atoms with van der Waals surface area (Å²) in [5, 5.41) is 7.19. The van der Waals surface area contributed by atoms with Crippen LogP contribution in [0.2, 0.25) is 0 Å². The molecule has 0 saturated carbocycles. The van der Waals surface area contributed by atoms with Crippen LogP contribution in [0.25, 0.3) is 0 Å². The molecule has 0 saturated heterocycles. The molecule has 0 spiro atoms. The van der Waals surface area contributed by atoms with Crippen LogP contribution < -0.4 is 15.4 Å². The maximum Gasteiger partial charge on any atom is 0.422 e. The number of halogens is 3. The Morgan fingerprint density at radius 1 is 1.18 bits per heavy atom. The van der Waals surface area contributed by atoms with Crippen molar-refractivity contribution in [2.24, 2.45) is 5.92 Å². The number of amides is 2. The molecule has 9 heteroatoms. The highest BCUT2D eigenvalue weighted by atomic mass is 32.1. The molecule has 1 atom stereocenters. The standard InChI is InChI=1S/C19H21F3N2O3S/c1-12(2)16(24-17(25)15-7-4-8-28-15)18(26)23-10-13-5-3-6-14(9-13)27-11-19(20,21)22/h3-9,12,16H,10-11H2,1-2H3,(H,23,26)(H,24,25). The van der Waals surface area contributed by atoms with E-state index in [2.05, 4.69) is 10.6 Å². The van der Waals surface area contributed by atoms with Gasteiger partial charge >= 0.3 is 6.18 Å². The minimum Gasteiger partial charge on any atom is -0.484 e. The average Bonchev–Trinajstić information content (AvgIpc) is 3.16. The first kappa shape index (κ1) is 21.7. The molecule has 0 aliphatic carbocycles. The first-order valence-corrected chi connectivity index (χ1v) is 9.44. The van der Waals surface area contributed by atoms with Crippen molar-refractivity contribution in [1.82, 2.24) is 10.6 Å². The molecule has 2 amide bonds. The zero-order chi connectivity index (χ0) is 20.7. The van der Waals surface area contributed by atoms with Crippen molar-refractivity contribution in [1.29, 1.82) is 0 Å². The van der Waals surface area contributed by atoms with E-state index in [-0.39, 0.29) is 30.0 Å². The van der Waals surface area contributed by atoms with Gasteiger partial charge in [-0.1, -0.05) is 32.0 Å². The lowest BCUT2D eigenvalue weighted by Crippen LogP contribution is -2.49. The second-order valence-electron chi connectivity index (χ2n) is 6.44. The van der Waals surface area contributed by atoms with E-state index in [1.807, 2.05) is 13.8 Å². The van der Waals surface area contributed by atoms with E-state index in [4.69, 9.17) is 4.74 Å². The molecule has 2 rings (SSSR count). The maximum absolute atomic E-state index is 12.5. The molecule has 1 heterocycles. The van der Waals surface area contributed by atoms with Crippen LogP contribution in [0.15, 0.2) is 41.8 Å².